The van der Waals surface area contributed by atoms with Crippen molar-refractivity contribution in [1.82, 2.24) is 14.8 Å². The Kier molecular flexibility index (Phi) is 6.24. The molecule has 0 bridgehead atoms. The average Bonchev–Trinajstić information content (AvgIpc) is 3.30. The van der Waals surface area contributed by atoms with Crippen molar-refractivity contribution in [2.45, 2.75) is 18.6 Å². The van der Waals surface area contributed by atoms with E-state index in [-0.39, 0.29) is 17.3 Å². The lowest BCUT2D eigenvalue weighted by Crippen LogP contribution is -2.15. The molecule has 11 heteroatoms. The summed E-state index contributed by atoms with van der Waals surface area (Å²) in [6.07, 6.45) is 0. The van der Waals surface area contributed by atoms with Gasteiger partial charge in [0.05, 0.1) is 21.2 Å². The van der Waals surface area contributed by atoms with Crippen LogP contribution in [0.2, 0.25) is 0 Å². The Balaban J connectivity index is 1.65. The number of carbonyl (C=O) groups is 1. The van der Waals surface area contributed by atoms with Crippen molar-refractivity contribution in [2.24, 2.45) is 0 Å². The second kappa shape index (κ2) is 8.63. The molecule has 0 spiro atoms. The van der Waals surface area contributed by atoms with E-state index in [9.17, 15) is 14.9 Å². The molecule has 0 radical (unpaired) electrons. The normalized spacial score (nSPS) is 10.7. The third-order valence-electron chi connectivity index (χ3n) is 3.54. The van der Waals surface area contributed by atoms with E-state index in [4.69, 9.17) is 0 Å². The Hall–Kier alpha value is -2.24. The van der Waals surface area contributed by atoms with Crippen LogP contribution in [0.25, 0.3) is 10.7 Å². The molecular weight excluding hydrogens is 454 g/mol. The molecule has 0 saturated heterocycles. The number of benzene rings is 1. The molecule has 2 aromatic heterocycles. The van der Waals surface area contributed by atoms with Gasteiger partial charge < -0.3 is 9.88 Å². The summed E-state index contributed by atoms with van der Waals surface area (Å²) < 4.78 is 2.41. The first-order chi connectivity index (χ1) is 13.0. The molecule has 0 aliphatic carbocycles. The molecule has 140 valence electrons. The quantitative estimate of drug-likeness (QED) is 0.313. The molecule has 1 aromatic carbocycles. The van der Waals surface area contributed by atoms with Crippen LogP contribution in [-0.2, 0) is 11.3 Å². The Morgan fingerprint density at radius 1 is 1.41 bits per heavy atom. The Morgan fingerprint density at radius 3 is 2.85 bits per heavy atom. The molecule has 0 aliphatic rings. The van der Waals surface area contributed by atoms with Crippen LogP contribution in [0.1, 0.15) is 6.92 Å². The van der Waals surface area contributed by atoms with Crippen molar-refractivity contribution in [1.29, 1.82) is 0 Å². The van der Waals surface area contributed by atoms with Gasteiger partial charge >= 0.3 is 0 Å². The number of thioether (sulfide) groups is 1. The van der Waals surface area contributed by atoms with Crippen molar-refractivity contribution >= 4 is 56.3 Å². The fourth-order valence-corrected chi connectivity index (χ4v) is 4.29. The minimum absolute atomic E-state index is 0.0496. The number of nitro groups is 1. The van der Waals surface area contributed by atoms with Gasteiger partial charge in [0, 0.05) is 23.2 Å². The molecule has 0 saturated carbocycles. The summed E-state index contributed by atoms with van der Waals surface area (Å²) in [7, 11) is 0. The number of non-ortho nitro benzene ring substituents is 1. The SMILES string of the molecule is CCn1c(SCC(=O)Nc2ccc([N+](=O)[O-])cc2Br)nnc1-c1cccs1. The summed E-state index contributed by atoms with van der Waals surface area (Å²) in [5.41, 5.74) is 0.425. The smallest absolute Gasteiger partial charge is 0.270 e. The predicted octanol–water partition coefficient (Wildman–Crippen LogP) is 4.43. The minimum Gasteiger partial charge on any atom is -0.324 e. The Bertz CT molecular complexity index is 975. The fraction of sp³-hybridized carbons (Fsp3) is 0.188. The number of anilines is 1. The number of aromatic nitrogens is 3. The molecule has 0 fully saturated rings. The molecule has 0 aliphatic heterocycles. The summed E-state index contributed by atoms with van der Waals surface area (Å²) in [6, 6.07) is 8.12. The second-order valence-corrected chi connectivity index (χ2v) is 8.03. The number of nitrogens with zero attached hydrogens (tertiary/aromatic N) is 4. The maximum absolute atomic E-state index is 12.2. The lowest BCUT2D eigenvalue weighted by atomic mass is 10.3. The third kappa shape index (κ3) is 4.54. The van der Waals surface area contributed by atoms with E-state index in [1.165, 1.54) is 30.0 Å². The largest absolute Gasteiger partial charge is 0.324 e. The van der Waals surface area contributed by atoms with Crippen molar-refractivity contribution in [3.63, 3.8) is 0 Å². The number of hydrogen-bond acceptors (Lipinski definition) is 7. The van der Waals surface area contributed by atoms with E-state index in [0.29, 0.717) is 21.9 Å². The van der Waals surface area contributed by atoms with E-state index in [0.717, 1.165) is 10.7 Å². The van der Waals surface area contributed by atoms with Gasteiger partial charge in [0.25, 0.3) is 5.69 Å². The number of carbonyl (C=O) groups excluding carboxylic acids is 1. The molecule has 2 heterocycles. The van der Waals surface area contributed by atoms with Gasteiger partial charge in [-0.2, -0.15) is 0 Å². The maximum Gasteiger partial charge on any atom is 0.270 e. The van der Waals surface area contributed by atoms with Crippen LogP contribution in [0.5, 0.6) is 0 Å². The number of nitrogens with one attached hydrogen (secondary N) is 1. The van der Waals surface area contributed by atoms with Crippen LogP contribution in [0.4, 0.5) is 11.4 Å². The van der Waals surface area contributed by atoms with E-state index >= 15 is 0 Å². The molecule has 0 unspecified atom stereocenters. The maximum atomic E-state index is 12.2. The molecule has 1 amide bonds. The van der Waals surface area contributed by atoms with Crippen LogP contribution < -0.4 is 5.32 Å². The highest BCUT2D eigenvalue weighted by molar-refractivity contribution is 9.10. The number of amides is 1. The second-order valence-electron chi connectivity index (χ2n) is 5.29. The fourth-order valence-electron chi connectivity index (χ4n) is 2.30. The average molecular weight is 468 g/mol. The van der Waals surface area contributed by atoms with Crippen LogP contribution in [0.15, 0.2) is 45.3 Å². The lowest BCUT2D eigenvalue weighted by molar-refractivity contribution is -0.384. The van der Waals surface area contributed by atoms with E-state index in [1.54, 1.807) is 11.3 Å². The zero-order valence-corrected chi connectivity index (χ0v) is 17.3. The summed E-state index contributed by atoms with van der Waals surface area (Å²) in [4.78, 5) is 23.6. The molecular formula is C16H14BrN5O3S2. The van der Waals surface area contributed by atoms with Gasteiger partial charge in [-0.15, -0.1) is 21.5 Å². The number of halogens is 1. The highest BCUT2D eigenvalue weighted by atomic mass is 79.9. The van der Waals surface area contributed by atoms with Gasteiger partial charge in [-0.05, 0) is 40.4 Å². The van der Waals surface area contributed by atoms with Gasteiger partial charge in [-0.25, -0.2) is 0 Å². The molecule has 8 nitrogen and oxygen atoms in total. The lowest BCUT2D eigenvalue weighted by Gasteiger charge is -2.08. The van der Waals surface area contributed by atoms with Crippen LogP contribution in [-0.4, -0.2) is 31.3 Å². The molecule has 27 heavy (non-hydrogen) atoms. The number of nitro benzene ring substituents is 1. The third-order valence-corrected chi connectivity index (χ3v) is 6.03. The zero-order chi connectivity index (χ0) is 19.4. The van der Waals surface area contributed by atoms with Gasteiger partial charge in [-0.1, -0.05) is 17.8 Å². The zero-order valence-electron chi connectivity index (χ0n) is 14.1. The highest BCUT2D eigenvalue weighted by Gasteiger charge is 2.16. The Labute approximate surface area is 171 Å². The molecule has 0 atom stereocenters. The summed E-state index contributed by atoms with van der Waals surface area (Å²) in [6.45, 7) is 2.69. The number of rotatable bonds is 7. The Morgan fingerprint density at radius 2 is 2.22 bits per heavy atom. The van der Waals surface area contributed by atoms with Gasteiger partial charge in [0.15, 0.2) is 11.0 Å². The molecule has 3 rings (SSSR count). The van der Waals surface area contributed by atoms with Crippen LogP contribution >= 0.6 is 39.0 Å². The first-order valence-electron chi connectivity index (χ1n) is 7.83. The monoisotopic (exact) mass is 467 g/mol. The number of hydrogen-bond donors (Lipinski definition) is 1. The van der Waals surface area contributed by atoms with Crippen molar-refractivity contribution in [3.8, 4) is 10.7 Å². The van der Waals surface area contributed by atoms with Crippen molar-refractivity contribution < 1.29 is 9.72 Å². The van der Waals surface area contributed by atoms with E-state index in [1.807, 2.05) is 29.0 Å². The summed E-state index contributed by atoms with van der Waals surface area (Å²) >= 11 is 6.11. The van der Waals surface area contributed by atoms with Gasteiger partial charge in [-0.3, -0.25) is 14.9 Å². The first-order valence-corrected chi connectivity index (χ1v) is 10.5. The van der Waals surface area contributed by atoms with E-state index < -0.39 is 4.92 Å². The van der Waals surface area contributed by atoms with Crippen molar-refractivity contribution in [3.05, 3.63) is 50.3 Å². The minimum atomic E-state index is -0.491. The van der Waals surface area contributed by atoms with Gasteiger partial charge in [0.2, 0.25) is 5.91 Å². The van der Waals surface area contributed by atoms with Crippen molar-refractivity contribution in [2.75, 3.05) is 11.1 Å². The topological polar surface area (TPSA) is 103 Å². The van der Waals surface area contributed by atoms with Crippen LogP contribution in [0.3, 0.4) is 0 Å². The van der Waals surface area contributed by atoms with Crippen LogP contribution in [0, 0.1) is 10.1 Å². The molecule has 1 N–H and O–H groups in total. The predicted molar refractivity (Wildman–Crippen MR) is 109 cm³/mol. The highest BCUT2D eigenvalue weighted by Crippen LogP contribution is 2.29. The summed E-state index contributed by atoms with van der Waals surface area (Å²) in [5.74, 6) is 0.692. The summed E-state index contributed by atoms with van der Waals surface area (Å²) in [5, 5.41) is 24.6. The van der Waals surface area contributed by atoms with Gasteiger partial charge in [0.1, 0.15) is 0 Å². The van der Waals surface area contributed by atoms with E-state index in [2.05, 4.69) is 31.4 Å². The first kappa shape index (κ1) is 19.5. The standard InChI is InChI=1S/C16H14BrN5O3S2/c1-2-21-15(13-4-3-7-26-13)19-20-16(21)27-9-14(23)18-12-6-5-10(22(24)25)8-11(12)17/h3-8H,2,9H2,1H3,(H,18,23). The molecule has 3 aromatic rings. The number of thiophene rings is 1.